The molecule has 0 bridgehead atoms. The van der Waals surface area contributed by atoms with E-state index in [1.165, 1.54) is 29.1 Å². The lowest BCUT2D eigenvalue weighted by Crippen LogP contribution is -2.42. The van der Waals surface area contributed by atoms with Gasteiger partial charge in [-0.3, -0.25) is 10.1 Å². The average molecular weight is 310 g/mol. The molecule has 3 rings (SSSR count). The smallest absolute Gasteiger partial charge is 0.246 e. The van der Waals surface area contributed by atoms with Gasteiger partial charge in [0, 0.05) is 31.7 Å². The van der Waals surface area contributed by atoms with Crippen molar-refractivity contribution in [3.63, 3.8) is 0 Å². The maximum atomic E-state index is 12.5. The van der Waals surface area contributed by atoms with Crippen LogP contribution in [0.25, 0.3) is 0 Å². The quantitative estimate of drug-likeness (QED) is 0.785. The third-order valence-corrected chi connectivity index (χ3v) is 5.03. The zero-order valence-electron chi connectivity index (χ0n) is 11.0. The second kappa shape index (κ2) is 5.39. The van der Waals surface area contributed by atoms with E-state index >= 15 is 0 Å². The lowest BCUT2D eigenvalue weighted by Gasteiger charge is -2.31. The Kier molecular flexibility index (Phi) is 3.57. The summed E-state index contributed by atoms with van der Waals surface area (Å²) in [5.41, 5.74) is 6.21. The maximum Gasteiger partial charge on any atom is 0.246 e. The van der Waals surface area contributed by atoms with E-state index in [2.05, 4.69) is 20.2 Å². The minimum atomic E-state index is -3.60. The molecule has 3 heterocycles. The molecular weight excluding hydrogens is 296 g/mol. The van der Waals surface area contributed by atoms with E-state index in [1.807, 2.05) is 0 Å². The van der Waals surface area contributed by atoms with Gasteiger partial charge in [0.25, 0.3) is 0 Å². The molecule has 1 saturated heterocycles. The number of aromatic nitrogens is 4. The third kappa shape index (κ3) is 2.60. The van der Waals surface area contributed by atoms with Gasteiger partial charge < -0.3 is 10.5 Å². The van der Waals surface area contributed by atoms with E-state index in [1.54, 1.807) is 0 Å². The van der Waals surface area contributed by atoms with Crippen molar-refractivity contribution in [1.82, 2.24) is 24.5 Å². The summed E-state index contributed by atoms with van der Waals surface area (Å²) in [6.07, 6.45) is 5.06. The van der Waals surface area contributed by atoms with Crippen LogP contribution in [0, 0.1) is 0 Å². The zero-order valence-corrected chi connectivity index (χ0v) is 11.8. The van der Waals surface area contributed by atoms with Gasteiger partial charge in [0.2, 0.25) is 10.0 Å². The minimum Gasteiger partial charge on any atom is -0.382 e. The Morgan fingerprint density at radius 1 is 1.38 bits per heavy atom. The first kappa shape index (κ1) is 13.9. The highest BCUT2D eigenvalue weighted by Crippen LogP contribution is 2.26. The molecule has 9 nitrogen and oxygen atoms in total. The molecule has 1 aliphatic rings. The number of sulfonamides is 1. The van der Waals surface area contributed by atoms with Crippen molar-refractivity contribution in [1.29, 1.82) is 0 Å². The fraction of sp³-hybridized carbons (Fsp3) is 0.364. The fourth-order valence-electron chi connectivity index (χ4n) is 2.15. The van der Waals surface area contributed by atoms with Crippen LogP contribution in [-0.2, 0) is 14.8 Å². The number of morpholine rings is 1. The summed E-state index contributed by atoms with van der Waals surface area (Å²) in [5.74, 6) is 0.241. The molecule has 2 aromatic heterocycles. The van der Waals surface area contributed by atoms with Crippen LogP contribution in [-0.4, -0.2) is 52.6 Å². The molecule has 1 aliphatic heterocycles. The predicted octanol–water partition coefficient (Wildman–Crippen LogP) is -0.456. The summed E-state index contributed by atoms with van der Waals surface area (Å²) in [7, 11) is -3.60. The second-order valence-electron chi connectivity index (χ2n) is 4.48. The molecule has 10 heteroatoms. The predicted molar refractivity (Wildman–Crippen MR) is 72.5 cm³/mol. The van der Waals surface area contributed by atoms with Gasteiger partial charge in [-0.1, -0.05) is 0 Å². The molecular formula is C11H14N6O3S. The first-order valence-corrected chi connectivity index (χ1v) is 7.70. The summed E-state index contributed by atoms with van der Waals surface area (Å²) in [6, 6.07) is 0. The van der Waals surface area contributed by atoms with Gasteiger partial charge in [-0.2, -0.15) is 9.40 Å². The van der Waals surface area contributed by atoms with E-state index < -0.39 is 16.1 Å². The number of aromatic amines is 1. The maximum absolute atomic E-state index is 12.5. The number of H-pyrrole nitrogens is 1. The normalized spacial score (nSPS) is 20.5. The Morgan fingerprint density at radius 2 is 2.19 bits per heavy atom. The molecule has 0 spiro atoms. The highest BCUT2D eigenvalue weighted by atomic mass is 32.2. The summed E-state index contributed by atoms with van der Waals surface area (Å²) >= 11 is 0. The van der Waals surface area contributed by atoms with Gasteiger partial charge in [-0.25, -0.2) is 13.4 Å². The molecule has 0 radical (unpaired) electrons. The Morgan fingerprint density at radius 3 is 2.90 bits per heavy atom. The number of rotatable bonds is 3. The van der Waals surface area contributed by atoms with Crippen molar-refractivity contribution in [3.05, 3.63) is 30.5 Å². The van der Waals surface area contributed by atoms with E-state index in [4.69, 9.17) is 10.5 Å². The number of nitrogens with two attached hydrogens (primary N) is 1. The highest BCUT2D eigenvalue weighted by Gasteiger charge is 2.33. The van der Waals surface area contributed by atoms with Crippen LogP contribution >= 0.6 is 0 Å². The molecule has 0 aliphatic carbocycles. The zero-order chi connectivity index (χ0) is 14.9. The molecule has 0 amide bonds. The van der Waals surface area contributed by atoms with E-state index in [-0.39, 0.29) is 30.4 Å². The van der Waals surface area contributed by atoms with Crippen LogP contribution in [0.4, 0.5) is 5.82 Å². The van der Waals surface area contributed by atoms with Gasteiger partial charge in [0.1, 0.15) is 22.5 Å². The van der Waals surface area contributed by atoms with Crippen LogP contribution in [0.2, 0.25) is 0 Å². The fourth-order valence-corrected chi connectivity index (χ4v) is 3.48. The Bertz CT molecular complexity index is 717. The standard InChI is InChI=1S/C11H14N6O3S/c12-11-10(13-1-2-14-11)9-7-17(3-4-20-9)21(18,19)8-5-15-16-6-8/h1-2,5-6,9H,3-4,7H2,(H2,12,14)(H,15,16)/t9-/m1/s1. The first-order chi connectivity index (χ1) is 10.1. The Labute approximate surface area is 121 Å². The van der Waals surface area contributed by atoms with Gasteiger partial charge in [-0.05, 0) is 0 Å². The van der Waals surface area contributed by atoms with Crippen LogP contribution in [0.3, 0.4) is 0 Å². The van der Waals surface area contributed by atoms with Crippen molar-refractivity contribution >= 4 is 15.8 Å². The molecule has 2 aromatic rings. The van der Waals surface area contributed by atoms with Crippen molar-refractivity contribution in [2.24, 2.45) is 0 Å². The van der Waals surface area contributed by atoms with E-state index in [0.29, 0.717) is 5.69 Å². The number of hydrogen-bond donors (Lipinski definition) is 2. The van der Waals surface area contributed by atoms with E-state index in [9.17, 15) is 8.42 Å². The molecule has 1 fully saturated rings. The summed E-state index contributed by atoms with van der Waals surface area (Å²) in [4.78, 5) is 8.19. The van der Waals surface area contributed by atoms with Crippen LogP contribution in [0.5, 0.6) is 0 Å². The van der Waals surface area contributed by atoms with E-state index in [0.717, 1.165) is 0 Å². The van der Waals surface area contributed by atoms with Crippen molar-refractivity contribution in [2.45, 2.75) is 11.0 Å². The summed E-state index contributed by atoms with van der Waals surface area (Å²) in [6.45, 7) is 0.665. The molecule has 0 aromatic carbocycles. The number of hydrogen-bond acceptors (Lipinski definition) is 7. The first-order valence-electron chi connectivity index (χ1n) is 6.26. The number of anilines is 1. The molecule has 3 N–H and O–H groups in total. The lowest BCUT2D eigenvalue weighted by atomic mass is 10.2. The second-order valence-corrected chi connectivity index (χ2v) is 6.42. The Hall–Kier alpha value is -2.04. The molecule has 0 unspecified atom stereocenters. The van der Waals surface area contributed by atoms with Gasteiger partial charge in [-0.15, -0.1) is 0 Å². The van der Waals surface area contributed by atoms with Crippen LogP contribution < -0.4 is 5.73 Å². The average Bonchev–Trinajstić information content (AvgIpc) is 3.03. The SMILES string of the molecule is Nc1nccnc1[C@H]1CN(S(=O)(=O)c2cn[nH]c2)CCO1. The minimum absolute atomic E-state index is 0.121. The molecule has 21 heavy (non-hydrogen) atoms. The number of nitrogens with one attached hydrogen (secondary N) is 1. The van der Waals surface area contributed by atoms with Crippen molar-refractivity contribution in [3.8, 4) is 0 Å². The lowest BCUT2D eigenvalue weighted by molar-refractivity contribution is -0.00465. The van der Waals surface area contributed by atoms with Gasteiger partial charge >= 0.3 is 0 Å². The van der Waals surface area contributed by atoms with Crippen molar-refractivity contribution in [2.75, 3.05) is 25.4 Å². The van der Waals surface area contributed by atoms with Crippen LogP contribution in [0.1, 0.15) is 11.8 Å². The summed E-state index contributed by atoms with van der Waals surface area (Å²) in [5, 5.41) is 6.17. The largest absolute Gasteiger partial charge is 0.382 e. The Balaban J connectivity index is 1.86. The number of ether oxygens (including phenoxy) is 1. The third-order valence-electron chi connectivity index (χ3n) is 3.20. The molecule has 1 atom stereocenters. The monoisotopic (exact) mass is 310 g/mol. The van der Waals surface area contributed by atoms with Crippen LogP contribution in [0.15, 0.2) is 29.7 Å². The molecule has 0 saturated carbocycles. The topological polar surface area (TPSA) is 127 Å². The van der Waals surface area contributed by atoms with Crippen molar-refractivity contribution < 1.29 is 13.2 Å². The molecule has 112 valence electrons. The van der Waals surface area contributed by atoms with Gasteiger partial charge in [0.15, 0.2) is 0 Å². The number of nitrogens with zero attached hydrogens (tertiary/aromatic N) is 4. The summed E-state index contributed by atoms with van der Waals surface area (Å²) < 4.78 is 31.8. The van der Waals surface area contributed by atoms with Gasteiger partial charge in [0.05, 0.1) is 12.8 Å². The highest BCUT2D eigenvalue weighted by molar-refractivity contribution is 7.89. The number of nitrogen functional groups attached to an aromatic ring is 1.